The van der Waals surface area contributed by atoms with Crippen molar-refractivity contribution in [1.29, 1.82) is 0 Å². The van der Waals surface area contributed by atoms with Gasteiger partial charge in [-0.05, 0) is 24.3 Å². The highest BCUT2D eigenvalue weighted by molar-refractivity contribution is 5.85. The van der Waals surface area contributed by atoms with Gasteiger partial charge in [-0.2, -0.15) is 5.10 Å². The van der Waals surface area contributed by atoms with E-state index in [1.54, 1.807) is 24.3 Å². The Balaban J connectivity index is 0.00000208. The Labute approximate surface area is 142 Å². The van der Waals surface area contributed by atoms with Crippen LogP contribution in [0.2, 0.25) is 0 Å². The van der Waals surface area contributed by atoms with Gasteiger partial charge in [-0.1, -0.05) is 0 Å². The molecule has 2 aromatic rings. The minimum absolute atomic E-state index is 0. The summed E-state index contributed by atoms with van der Waals surface area (Å²) in [6.07, 6.45) is 0.233. The van der Waals surface area contributed by atoms with Crippen molar-refractivity contribution in [2.75, 3.05) is 13.2 Å². The van der Waals surface area contributed by atoms with Crippen LogP contribution < -0.4 is 10.5 Å². The van der Waals surface area contributed by atoms with E-state index < -0.39 is 11.8 Å². The van der Waals surface area contributed by atoms with Gasteiger partial charge in [-0.25, -0.2) is 18.2 Å². The second-order valence-electron chi connectivity index (χ2n) is 5.35. The summed E-state index contributed by atoms with van der Waals surface area (Å²) in [5.41, 5.74) is 6.35. The van der Waals surface area contributed by atoms with Crippen molar-refractivity contribution in [3.8, 4) is 17.1 Å². The maximum absolute atomic E-state index is 13.0. The van der Waals surface area contributed by atoms with Crippen LogP contribution in [0.4, 0.5) is 13.2 Å². The lowest BCUT2D eigenvalue weighted by Gasteiger charge is -2.07. The second-order valence-corrected chi connectivity index (χ2v) is 5.35. The Kier molecular flexibility index (Phi) is 5.51. The molecule has 1 unspecified atom stereocenters. The third kappa shape index (κ3) is 3.88. The predicted octanol–water partition coefficient (Wildman–Crippen LogP) is 3.21. The van der Waals surface area contributed by atoms with Crippen LogP contribution in [0.5, 0.6) is 5.75 Å². The van der Waals surface area contributed by atoms with E-state index in [4.69, 9.17) is 10.5 Å². The molecule has 24 heavy (non-hydrogen) atoms. The highest BCUT2D eigenvalue weighted by Gasteiger charge is 2.59. The third-order valence-electron chi connectivity index (χ3n) is 3.61. The minimum Gasteiger partial charge on any atom is -0.489 e. The molecule has 1 saturated carbocycles. The largest absolute Gasteiger partial charge is 0.489 e. The molecular weight excluding hydrogens is 345 g/mol. The molecule has 0 saturated heterocycles. The molecule has 0 radical (unpaired) electrons. The fourth-order valence-corrected chi connectivity index (χ4v) is 2.08. The Morgan fingerprint density at radius 1 is 1.38 bits per heavy atom. The van der Waals surface area contributed by atoms with Crippen molar-refractivity contribution in [3.05, 3.63) is 42.0 Å². The van der Waals surface area contributed by atoms with Crippen LogP contribution in [0.25, 0.3) is 11.4 Å². The Bertz CT molecular complexity index is 718. The van der Waals surface area contributed by atoms with Crippen molar-refractivity contribution >= 4 is 12.4 Å². The van der Waals surface area contributed by atoms with E-state index in [1.807, 2.05) is 0 Å². The van der Waals surface area contributed by atoms with E-state index in [0.717, 1.165) is 0 Å². The molecule has 1 heterocycles. The van der Waals surface area contributed by atoms with Gasteiger partial charge in [0.2, 0.25) is 0 Å². The molecule has 3 N–H and O–H groups in total. The average molecular weight is 361 g/mol. The summed E-state index contributed by atoms with van der Waals surface area (Å²) in [6.45, 7) is 0.147. The van der Waals surface area contributed by atoms with Gasteiger partial charge < -0.3 is 10.5 Å². The van der Waals surface area contributed by atoms with Gasteiger partial charge >= 0.3 is 0 Å². The summed E-state index contributed by atoms with van der Waals surface area (Å²) in [4.78, 5) is 4.11. The van der Waals surface area contributed by atoms with E-state index in [9.17, 15) is 13.2 Å². The molecule has 0 bridgehead atoms. The molecule has 9 heteroatoms. The number of halogens is 4. The predicted molar refractivity (Wildman–Crippen MR) is 85.1 cm³/mol. The molecule has 3 rings (SSSR count). The molecule has 1 aliphatic rings. The Morgan fingerprint density at radius 2 is 2.04 bits per heavy atom. The molecule has 0 aliphatic heterocycles. The number of hydrogen-bond acceptors (Lipinski definition) is 4. The van der Waals surface area contributed by atoms with Crippen LogP contribution in [-0.4, -0.2) is 34.3 Å². The van der Waals surface area contributed by atoms with Gasteiger partial charge in [-0.3, -0.25) is 5.10 Å². The van der Waals surface area contributed by atoms with Crippen LogP contribution >= 0.6 is 12.4 Å². The Morgan fingerprint density at radius 3 is 2.58 bits per heavy atom. The van der Waals surface area contributed by atoms with Gasteiger partial charge in [0.1, 0.15) is 18.2 Å². The fraction of sp³-hybridized carbons (Fsp3) is 0.333. The lowest BCUT2D eigenvalue weighted by atomic mass is 10.2. The molecule has 1 fully saturated rings. The normalized spacial score (nSPS) is 18.8. The zero-order valence-corrected chi connectivity index (χ0v) is 13.3. The van der Waals surface area contributed by atoms with Crippen LogP contribution in [0, 0.1) is 0 Å². The maximum atomic E-state index is 13.0. The SMILES string of the molecule is Cl.NC/C(=C\F)COc1ccc(-c2n[nH]c(C3CC3(F)F)n2)cc1. The monoisotopic (exact) mass is 360 g/mol. The number of benzene rings is 1. The first kappa shape index (κ1) is 18.3. The van der Waals surface area contributed by atoms with Crippen LogP contribution in [-0.2, 0) is 0 Å². The van der Waals surface area contributed by atoms with Crippen molar-refractivity contribution in [2.45, 2.75) is 18.3 Å². The van der Waals surface area contributed by atoms with Crippen LogP contribution in [0.1, 0.15) is 18.2 Å². The van der Waals surface area contributed by atoms with Crippen molar-refractivity contribution in [2.24, 2.45) is 5.73 Å². The Hall–Kier alpha value is -2.06. The number of nitrogens with zero attached hydrogens (tertiary/aromatic N) is 2. The molecule has 1 aromatic carbocycles. The summed E-state index contributed by atoms with van der Waals surface area (Å²) in [5, 5.41) is 6.51. The number of nitrogens with one attached hydrogen (secondary N) is 1. The van der Waals surface area contributed by atoms with Gasteiger partial charge in [0.15, 0.2) is 5.82 Å². The van der Waals surface area contributed by atoms with Gasteiger partial charge in [-0.15, -0.1) is 12.4 Å². The number of nitrogens with two attached hydrogens (primary N) is 1. The van der Waals surface area contributed by atoms with Crippen molar-refractivity contribution < 1.29 is 17.9 Å². The van der Waals surface area contributed by atoms with Gasteiger partial charge in [0.05, 0.1) is 12.2 Å². The molecule has 5 nitrogen and oxygen atoms in total. The van der Waals surface area contributed by atoms with Gasteiger partial charge in [0, 0.05) is 24.1 Å². The highest BCUT2D eigenvalue weighted by atomic mass is 35.5. The zero-order chi connectivity index (χ0) is 16.4. The fourth-order valence-electron chi connectivity index (χ4n) is 2.08. The van der Waals surface area contributed by atoms with E-state index in [2.05, 4.69) is 15.2 Å². The second kappa shape index (κ2) is 7.23. The van der Waals surface area contributed by atoms with E-state index in [-0.39, 0.29) is 37.8 Å². The number of H-pyrrole nitrogens is 1. The van der Waals surface area contributed by atoms with E-state index in [0.29, 0.717) is 29.0 Å². The van der Waals surface area contributed by atoms with Gasteiger partial charge in [0.25, 0.3) is 5.92 Å². The number of aromatic nitrogens is 3. The summed E-state index contributed by atoms with van der Waals surface area (Å²) in [7, 11) is 0. The lowest BCUT2D eigenvalue weighted by molar-refractivity contribution is 0.111. The number of rotatable bonds is 6. The van der Waals surface area contributed by atoms with E-state index >= 15 is 0 Å². The van der Waals surface area contributed by atoms with E-state index in [1.165, 1.54) is 0 Å². The number of aromatic amines is 1. The summed E-state index contributed by atoms with van der Waals surface area (Å²) >= 11 is 0. The standard InChI is InChI=1S/C15H15F3N4O.ClH/c16-6-9(7-19)8-23-11-3-1-10(2-4-11)13-20-14(22-21-13)12-5-15(12,17)18;/h1-4,6,12H,5,7-8,19H2,(H,20,21,22);1H/b9-6+;. The highest BCUT2D eigenvalue weighted by Crippen LogP contribution is 2.54. The first-order valence-corrected chi connectivity index (χ1v) is 7.05. The van der Waals surface area contributed by atoms with Crippen molar-refractivity contribution in [3.63, 3.8) is 0 Å². The summed E-state index contributed by atoms with van der Waals surface area (Å²) in [5.74, 6) is -2.47. The topological polar surface area (TPSA) is 76.8 Å². The number of hydrogen-bond donors (Lipinski definition) is 2. The minimum atomic E-state index is -2.68. The number of ether oxygens (including phenoxy) is 1. The molecule has 1 atom stereocenters. The van der Waals surface area contributed by atoms with Crippen LogP contribution in [0.15, 0.2) is 36.2 Å². The first-order valence-electron chi connectivity index (χ1n) is 7.05. The smallest absolute Gasteiger partial charge is 0.259 e. The van der Waals surface area contributed by atoms with Crippen LogP contribution in [0.3, 0.4) is 0 Å². The first-order chi connectivity index (χ1) is 11.0. The quantitative estimate of drug-likeness (QED) is 0.829. The molecule has 0 spiro atoms. The number of alkyl halides is 2. The molecule has 1 aliphatic carbocycles. The molecule has 0 amide bonds. The summed E-state index contributed by atoms with van der Waals surface area (Å²) in [6, 6.07) is 6.75. The maximum Gasteiger partial charge on any atom is 0.259 e. The molecular formula is C15H16ClF3N4O. The average Bonchev–Trinajstić information content (AvgIpc) is 2.98. The molecule has 1 aromatic heterocycles. The zero-order valence-electron chi connectivity index (χ0n) is 12.5. The lowest BCUT2D eigenvalue weighted by Crippen LogP contribution is -2.10. The summed E-state index contributed by atoms with van der Waals surface area (Å²) < 4.78 is 43.8. The molecule has 130 valence electrons. The third-order valence-corrected chi connectivity index (χ3v) is 3.61. The van der Waals surface area contributed by atoms with Crippen molar-refractivity contribution in [1.82, 2.24) is 15.2 Å².